The number of thioether (sulfide) groups is 1. The Bertz CT molecular complexity index is 1030. The summed E-state index contributed by atoms with van der Waals surface area (Å²) in [6.45, 7) is 3.38. The van der Waals surface area contributed by atoms with E-state index in [1.807, 2.05) is 42.2 Å². The van der Waals surface area contributed by atoms with Gasteiger partial charge >= 0.3 is 0 Å². The third kappa shape index (κ3) is 5.22. The van der Waals surface area contributed by atoms with E-state index in [-0.39, 0.29) is 5.91 Å². The molecule has 0 radical (unpaired) electrons. The maximum Gasteiger partial charge on any atom is 0.237 e. The third-order valence-corrected chi connectivity index (χ3v) is 6.35. The minimum Gasteiger partial charge on any atom is -0.316 e. The Hall–Kier alpha value is -2.93. The molecule has 2 heterocycles. The van der Waals surface area contributed by atoms with Crippen molar-refractivity contribution in [3.05, 3.63) is 72.2 Å². The Morgan fingerprint density at radius 2 is 1.90 bits per heavy atom. The van der Waals surface area contributed by atoms with Gasteiger partial charge in [-0.1, -0.05) is 48.2 Å². The van der Waals surface area contributed by atoms with Crippen molar-refractivity contribution in [1.82, 2.24) is 24.6 Å². The van der Waals surface area contributed by atoms with Crippen LogP contribution in [0.3, 0.4) is 0 Å². The van der Waals surface area contributed by atoms with Crippen molar-refractivity contribution in [2.24, 2.45) is 0 Å². The number of benzene rings is 1. The predicted molar refractivity (Wildman–Crippen MR) is 123 cm³/mol. The van der Waals surface area contributed by atoms with E-state index in [1.165, 1.54) is 23.9 Å². The van der Waals surface area contributed by atoms with Gasteiger partial charge in [-0.25, -0.2) is 0 Å². The van der Waals surface area contributed by atoms with Crippen molar-refractivity contribution in [1.29, 1.82) is 0 Å². The van der Waals surface area contributed by atoms with Gasteiger partial charge in [0.25, 0.3) is 0 Å². The minimum atomic E-state index is 0.125. The third-order valence-electron chi connectivity index (χ3n) is 5.39. The highest BCUT2D eigenvalue weighted by Crippen LogP contribution is 2.26. The molecule has 31 heavy (non-hydrogen) atoms. The molecule has 0 N–H and O–H groups in total. The summed E-state index contributed by atoms with van der Waals surface area (Å²) < 4.78 is 2.08. The topological polar surface area (TPSA) is 63.9 Å². The number of pyridine rings is 1. The molecule has 0 spiro atoms. The van der Waals surface area contributed by atoms with Crippen LogP contribution >= 0.6 is 11.8 Å². The number of carbonyl (C=O) groups excluding carboxylic acids is 1. The first-order chi connectivity index (χ1) is 15.3. The summed E-state index contributed by atoms with van der Waals surface area (Å²) in [7, 11) is 0. The van der Waals surface area contributed by atoms with Crippen LogP contribution in [0.5, 0.6) is 0 Å². The molecule has 2 aromatic heterocycles. The SMILES string of the molecule is CCN(C(=O)CSc1nnc(-c2ccncc2)n1Cc1ccccc1)C1=CCCCC1. The van der Waals surface area contributed by atoms with Crippen LogP contribution in [-0.2, 0) is 11.3 Å². The first-order valence-electron chi connectivity index (χ1n) is 10.8. The summed E-state index contributed by atoms with van der Waals surface area (Å²) in [4.78, 5) is 19.0. The zero-order valence-electron chi connectivity index (χ0n) is 17.8. The van der Waals surface area contributed by atoms with Gasteiger partial charge in [-0.2, -0.15) is 0 Å². The van der Waals surface area contributed by atoms with Crippen LogP contribution < -0.4 is 0 Å². The molecule has 0 atom stereocenters. The van der Waals surface area contributed by atoms with Crippen molar-refractivity contribution >= 4 is 17.7 Å². The predicted octanol–water partition coefficient (Wildman–Crippen LogP) is 4.79. The van der Waals surface area contributed by atoms with Gasteiger partial charge in [0, 0.05) is 30.2 Å². The van der Waals surface area contributed by atoms with Crippen LogP contribution in [0.15, 0.2) is 71.8 Å². The molecule has 0 bridgehead atoms. The van der Waals surface area contributed by atoms with Crippen LogP contribution in [0.4, 0.5) is 0 Å². The van der Waals surface area contributed by atoms with Gasteiger partial charge in [-0.15, -0.1) is 10.2 Å². The average molecular weight is 434 g/mol. The van der Waals surface area contributed by atoms with E-state index >= 15 is 0 Å². The molecule has 0 unspecified atom stereocenters. The lowest BCUT2D eigenvalue weighted by Crippen LogP contribution is -2.32. The van der Waals surface area contributed by atoms with E-state index < -0.39 is 0 Å². The van der Waals surface area contributed by atoms with Crippen molar-refractivity contribution in [3.63, 3.8) is 0 Å². The molecule has 1 aliphatic carbocycles. The second-order valence-electron chi connectivity index (χ2n) is 7.48. The molecular formula is C24H27N5OS. The Balaban J connectivity index is 1.55. The number of hydrogen-bond donors (Lipinski definition) is 0. The molecule has 7 heteroatoms. The second-order valence-corrected chi connectivity index (χ2v) is 8.42. The molecule has 0 saturated heterocycles. The Kier molecular flexibility index (Phi) is 7.14. The monoisotopic (exact) mass is 433 g/mol. The number of hydrogen-bond acceptors (Lipinski definition) is 5. The lowest BCUT2D eigenvalue weighted by Gasteiger charge is -2.26. The summed E-state index contributed by atoms with van der Waals surface area (Å²) in [5.41, 5.74) is 3.29. The molecule has 0 aliphatic heterocycles. The van der Waals surface area contributed by atoms with Gasteiger partial charge in [-0.05, 0) is 50.3 Å². The largest absolute Gasteiger partial charge is 0.316 e. The molecule has 1 aliphatic rings. The standard InChI is InChI=1S/C24H27N5OS/c1-2-28(21-11-7-4-8-12-21)22(30)18-31-24-27-26-23(20-13-15-25-16-14-20)29(24)17-19-9-5-3-6-10-19/h3,5-6,9-11,13-16H,2,4,7-8,12,17-18H2,1H3. The highest BCUT2D eigenvalue weighted by atomic mass is 32.2. The first kappa shape index (κ1) is 21.3. The average Bonchev–Trinajstić information content (AvgIpc) is 3.22. The number of aromatic nitrogens is 4. The summed E-state index contributed by atoms with van der Waals surface area (Å²) in [5.74, 6) is 1.25. The van der Waals surface area contributed by atoms with Crippen molar-refractivity contribution in [3.8, 4) is 11.4 Å². The molecule has 4 rings (SSSR count). The van der Waals surface area contributed by atoms with Gasteiger partial charge in [0.2, 0.25) is 5.91 Å². The molecule has 6 nitrogen and oxygen atoms in total. The quantitative estimate of drug-likeness (QED) is 0.478. The lowest BCUT2D eigenvalue weighted by atomic mass is 10.0. The fraction of sp³-hybridized carbons (Fsp3) is 0.333. The highest BCUT2D eigenvalue weighted by Gasteiger charge is 2.21. The zero-order valence-corrected chi connectivity index (χ0v) is 18.6. The summed E-state index contributed by atoms with van der Waals surface area (Å²) in [6, 6.07) is 14.1. The Morgan fingerprint density at radius 3 is 2.61 bits per heavy atom. The fourth-order valence-electron chi connectivity index (χ4n) is 3.83. The van der Waals surface area contributed by atoms with Crippen molar-refractivity contribution < 1.29 is 4.79 Å². The molecule has 0 saturated carbocycles. The van der Waals surface area contributed by atoms with Gasteiger partial charge in [0.05, 0.1) is 12.3 Å². The van der Waals surface area contributed by atoms with E-state index in [2.05, 4.69) is 38.0 Å². The van der Waals surface area contributed by atoms with Crippen LogP contribution in [0.25, 0.3) is 11.4 Å². The molecular weight excluding hydrogens is 406 g/mol. The van der Waals surface area contributed by atoms with E-state index in [4.69, 9.17) is 0 Å². The fourth-order valence-corrected chi connectivity index (χ4v) is 4.64. The first-order valence-corrected chi connectivity index (χ1v) is 11.7. The number of amides is 1. The van der Waals surface area contributed by atoms with E-state index in [1.54, 1.807) is 12.4 Å². The zero-order chi connectivity index (χ0) is 21.5. The number of carbonyl (C=O) groups is 1. The number of allylic oxidation sites excluding steroid dienone is 2. The van der Waals surface area contributed by atoms with Crippen molar-refractivity contribution in [2.45, 2.75) is 44.3 Å². The smallest absolute Gasteiger partial charge is 0.237 e. The van der Waals surface area contributed by atoms with Gasteiger partial charge in [-0.3, -0.25) is 14.3 Å². The molecule has 160 valence electrons. The molecule has 0 fully saturated rings. The lowest BCUT2D eigenvalue weighted by molar-refractivity contribution is -0.126. The van der Waals surface area contributed by atoms with E-state index in [0.717, 1.165) is 41.4 Å². The van der Waals surface area contributed by atoms with E-state index in [0.29, 0.717) is 18.8 Å². The molecule has 3 aromatic rings. The van der Waals surface area contributed by atoms with Gasteiger partial charge < -0.3 is 4.90 Å². The van der Waals surface area contributed by atoms with Gasteiger partial charge in [0.15, 0.2) is 11.0 Å². The minimum absolute atomic E-state index is 0.125. The van der Waals surface area contributed by atoms with Crippen molar-refractivity contribution in [2.75, 3.05) is 12.3 Å². The summed E-state index contributed by atoms with van der Waals surface area (Å²) in [5, 5.41) is 9.62. The van der Waals surface area contributed by atoms with Crippen LogP contribution in [0.2, 0.25) is 0 Å². The highest BCUT2D eigenvalue weighted by molar-refractivity contribution is 7.99. The maximum absolute atomic E-state index is 13.0. The normalized spacial score (nSPS) is 13.6. The van der Waals surface area contributed by atoms with Crippen LogP contribution in [0, 0.1) is 0 Å². The summed E-state index contributed by atoms with van der Waals surface area (Å²) in [6.07, 6.45) is 10.1. The Morgan fingerprint density at radius 1 is 1.10 bits per heavy atom. The number of nitrogens with zero attached hydrogens (tertiary/aromatic N) is 5. The van der Waals surface area contributed by atoms with Gasteiger partial charge in [0.1, 0.15) is 0 Å². The van der Waals surface area contributed by atoms with Crippen LogP contribution in [0.1, 0.15) is 38.2 Å². The van der Waals surface area contributed by atoms with E-state index in [9.17, 15) is 4.79 Å². The second kappa shape index (κ2) is 10.4. The summed E-state index contributed by atoms with van der Waals surface area (Å²) >= 11 is 1.45. The molecule has 1 aromatic carbocycles. The number of rotatable bonds is 8. The van der Waals surface area contributed by atoms with Crippen LogP contribution in [-0.4, -0.2) is 42.9 Å². The maximum atomic E-state index is 13.0. The molecule has 1 amide bonds. The Labute approximate surface area is 187 Å².